The van der Waals surface area contributed by atoms with Crippen LogP contribution in [0.1, 0.15) is 18.0 Å². The van der Waals surface area contributed by atoms with Gasteiger partial charge in [0.2, 0.25) is 5.91 Å². The lowest BCUT2D eigenvalue weighted by atomic mass is 10.2. The number of thiazole rings is 1. The molecule has 4 heterocycles. The number of carbonyl (C=O) groups is 1. The quantitative estimate of drug-likeness (QED) is 0.460. The summed E-state index contributed by atoms with van der Waals surface area (Å²) >= 11 is 3.16. The Morgan fingerprint density at radius 2 is 1.97 bits per heavy atom. The average molecular weight is 456 g/mol. The molecule has 4 aromatic rings. The first kappa shape index (κ1) is 20.1. The molecule has 5 rings (SSSR count). The van der Waals surface area contributed by atoms with Crippen LogP contribution >= 0.6 is 22.7 Å². The van der Waals surface area contributed by atoms with Gasteiger partial charge in [0, 0.05) is 26.2 Å². The van der Waals surface area contributed by atoms with Gasteiger partial charge >= 0.3 is 5.76 Å². The third kappa shape index (κ3) is 4.06. The molecule has 10 heteroatoms. The number of para-hydroxylation sites is 1. The Morgan fingerprint density at radius 1 is 1.16 bits per heavy atom. The largest absolute Gasteiger partial charge is 0.437 e. The maximum Gasteiger partial charge on any atom is 0.437 e. The van der Waals surface area contributed by atoms with Crippen LogP contribution in [0.4, 0.5) is 0 Å². The van der Waals surface area contributed by atoms with E-state index in [1.54, 1.807) is 16.2 Å². The Labute approximate surface area is 186 Å². The molecule has 1 aliphatic heterocycles. The van der Waals surface area contributed by atoms with Crippen molar-refractivity contribution in [2.75, 3.05) is 26.2 Å². The first-order valence-corrected chi connectivity index (χ1v) is 11.8. The van der Waals surface area contributed by atoms with Crippen LogP contribution in [0, 0.1) is 0 Å². The van der Waals surface area contributed by atoms with Crippen molar-refractivity contribution >= 4 is 38.8 Å². The number of hydrogen-bond donors (Lipinski definition) is 0. The van der Waals surface area contributed by atoms with Gasteiger partial charge in [0.25, 0.3) is 5.89 Å². The second-order valence-electron chi connectivity index (χ2n) is 7.42. The topological polar surface area (TPSA) is 84.5 Å². The monoisotopic (exact) mass is 455 g/mol. The summed E-state index contributed by atoms with van der Waals surface area (Å²) in [7, 11) is 0. The summed E-state index contributed by atoms with van der Waals surface area (Å²) in [6.07, 6.45) is 0. The van der Waals surface area contributed by atoms with Crippen LogP contribution in [-0.2, 0) is 11.3 Å². The highest BCUT2D eigenvalue weighted by Gasteiger charge is 2.27. The standard InChI is InChI=1S/C21H21N5O3S2/c1-14(20-22-15-5-2-3-6-16(15)31-20)24-8-10-25(11-9-24)18(27)13-26-21(28)29-19(23-26)17-7-4-12-30-17/h2-7,12,14H,8-11,13H2,1H3/t14-/m0/s1. The molecule has 1 aliphatic rings. The van der Waals surface area contributed by atoms with Crippen molar-refractivity contribution in [3.63, 3.8) is 0 Å². The maximum atomic E-state index is 12.7. The van der Waals surface area contributed by atoms with Crippen molar-refractivity contribution in [2.24, 2.45) is 0 Å². The summed E-state index contributed by atoms with van der Waals surface area (Å²) in [6.45, 7) is 4.79. The zero-order valence-corrected chi connectivity index (χ0v) is 18.6. The zero-order valence-electron chi connectivity index (χ0n) is 16.9. The molecule has 0 radical (unpaired) electrons. The molecule has 0 unspecified atom stereocenters. The summed E-state index contributed by atoms with van der Waals surface area (Å²) in [6, 6.07) is 12.0. The van der Waals surface area contributed by atoms with E-state index in [1.165, 1.54) is 16.0 Å². The molecule has 0 saturated carbocycles. The van der Waals surface area contributed by atoms with Crippen LogP contribution in [0.2, 0.25) is 0 Å². The summed E-state index contributed by atoms with van der Waals surface area (Å²) in [5.41, 5.74) is 1.03. The lowest BCUT2D eigenvalue weighted by Gasteiger charge is -2.37. The average Bonchev–Trinajstić information content (AvgIpc) is 3.53. The van der Waals surface area contributed by atoms with E-state index in [1.807, 2.05) is 35.7 Å². The predicted octanol–water partition coefficient (Wildman–Crippen LogP) is 3.08. The van der Waals surface area contributed by atoms with E-state index < -0.39 is 5.76 Å². The summed E-state index contributed by atoms with van der Waals surface area (Å²) in [4.78, 5) is 34.5. The van der Waals surface area contributed by atoms with Crippen molar-refractivity contribution < 1.29 is 9.21 Å². The van der Waals surface area contributed by atoms with Gasteiger partial charge in [0.15, 0.2) is 0 Å². The van der Waals surface area contributed by atoms with Crippen LogP contribution in [0.15, 0.2) is 51.0 Å². The first-order valence-electron chi connectivity index (χ1n) is 10.1. The fraction of sp³-hybridized carbons (Fsp3) is 0.333. The smallest absolute Gasteiger partial charge is 0.387 e. The van der Waals surface area contributed by atoms with Gasteiger partial charge in [0.1, 0.15) is 11.6 Å². The molecule has 0 aliphatic carbocycles. The molecule has 1 fully saturated rings. The van der Waals surface area contributed by atoms with Crippen molar-refractivity contribution in [3.8, 4) is 10.8 Å². The maximum absolute atomic E-state index is 12.7. The Balaban J connectivity index is 1.20. The van der Waals surface area contributed by atoms with E-state index in [0.29, 0.717) is 13.1 Å². The highest BCUT2D eigenvalue weighted by atomic mass is 32.1. The van der Waals surface area contributed by atoms with Crippen molar-refractivity contribution in [2.45, 2.75) is 19.5 Å². The highest BCUT2D eigenvalue weighted by Crippen LogP contribution is 2.30. The van der Waals surface area contributed by atoms with E-state index in [2.05, 4.69) is 23.0 Å². The number of rotatable bonds is 5. The normalized spacial score (nSPS) is 16.1. The van der Waals surface area contributed by atoms with Crippen LogP contribution in [0.3, 0.4) is 0 Å². The number of piperazine rings is 1. The van der Waals surface area contributed by atoms with Gasteiger partial charge in [-0.05, 0) is 30.5 Å². The minimum Gasteiger partial charge on any atom is -0.387 e. The molecule has 1 amide bonds. The third-order valence-electron chi connectivity index (χ3n) is 5.51. The lowest BCUT2D eigenvalue weighted by molar-refractivity contribution is -0.134. The zero-order chi connectivity index (χ0) is 21.4. The molecule has 0 bridgehead atoms. The van der Waals surface area contributed by atoms with E-state index in [9.17, 15) is 9.59 Å². The minimum absolute atomic E-state index is 0.110. The van der Waals surface area contributed by atoms with Gasteiger partial charge in [-0.15, -0.1) is 27.8 Å². The summed E-state index contributed by atoms with van der Waals surface area (Å²) < 4.78 is 7.49. The molecule has 31 heavy (non-hydrogen) atoms. The van der Waals surface area contributed by atoms with Crippen LogP contribution in [-0.4, -0.2) is 56.7 Å². The van der Waals surface area contributed by atoms with Gasteiger partial charge in [-0.3, -0.25) is 9.69 Å². The molecule has 1 aromatic carbocycles. The third-order valence-corrected chi connectivity index (χ3v) is 7.57. The lowest BCUT2D eigenvalue weighted by Crippen LogP contribution is -2.50. The first-order chi connectivity index (χ1) is 15.1. The van der Waals surface area contributed by atoms with E-state index >= 15 is 0 Å². The predicted molar refractivity (Wildman–Crippen MR) is 120 cm³/mol. The molecule has 1 atom stereocenters. The number of thiophene rings is 1. The van der Waals surface area contributed by atoms with Gasteiger partial charge in [-0.25, -0.2) is 9.78 Å². The minimum atomic E-state index is -0.611. The van der Waals surface area contributed by atoms with Crippen LogP contribution in [0.25, 0.3) is 21.0 Å². The molecule has 0 N–H and O–H groups in total. The Morgan fingerprint density at radius 3 is 2.71 bits per heavy atom. The second-order valence-corrected chi connectivity index (χ2v) is 9.43. The number of benzene rings is 1. The number of fused-ring (bicyclic) bond motifs is 1. The molecule has 160 valence electrons. The molecule has 0 spiro atoms. The SMILES string of the molecule is C[C@@H](c1nc2ccccc2s1)N1CCN(C(=O)Cn2nc(-c3cccs3)oc2=O)CC1. The van der Waals surface area contributed by atoms with Crippen LogP contribution < -0.4 is 5.76 Å². The van der Waals surface area contributed by atoms with Gasteiger partial charge in [-0.1, -0.05) is 18.2 Å². The molecule has 8 nitrogen and oxygen atoms in total. The van der Waals surface area contributed by atoms with Crippen molar-refractivity contribution in [1.82, 2.24) is 24.6 Å². The van der Waals surface area contributed by atoms with E-state index in [-0.39, 0.29) is 24.4 Å². The Kier molecular flexibility index (Phi) is 5.43. The number of nitrogens with zero attached hydrogens (tertiary/aromatic N) is 5. The number of aromatic nitrogens is 3. The van der Waals surface area contributed by atoms with Crippen molar-refractivity contribution in [3.05, 3.63) is 57.3 Å². The fourth-order valence-electron chi connectivity index (χ4n) is 3.72. The number of carbonyl (C=O) groups excluding carboxylic acids is 1. The van der Waals surface area contributed by atoms with Gasteiger partial charge < -0.3 is 9.32 Å². The molecular weight excluding hydrogens is 434 g/mol. The van der Waals surface area contributed by atoms with E-state index in [4.69, 9.17) is 9.40 Å². The Hall–Kier alpha value is -2.82. The van der Waals surface area contributed by atoms with Gasteiger partial charge in [-0.2, -0.15) is 4.68 Å². The second kappa shape index (κ2) is 8.37. The molecule has 1 saturated heterocycles. The van der Waals surface area contributed by atoms with E-state index in [0.717, 1.165) is 33.2 Å². The van der Waals surface area contributed by atoms with Crippen molar-refractivity contribution in [1.29, 1.82) is 0 Å². The number of amides is 1. The van der Waals surface area contributed by atoms with Gasteiger partial charge in [0.05, 0.1) is 21.1 Å². The summed E-state index contributed by atoms with van der Waals surface area (Å²) in [5.74, 6) is -0.484. The Bertz CT molecular complexity index is 1220. The summed E-state index contributed by atoms with van der Waals surface area (Å²) in [5, 5.41) is 7.15. The highest BCUT2D eigenvalue weighted by molar-refractivity contribution is 7.18. The number of hydrogen-bond acceptors (Lipinski definition) is 8. The molecular formula is C21H21N5O3S2. The molecule has 3 aromatic heterocycles. The fourth-order valence-corrected chi connectivity index (χ4v) is 5.42. The van der Waals surface area contributed by atoms with Crippen LogP contribution in [0.5, 0.6) is 0 Å².